The Kier molecular flexibility index (Phi) is 6.53. The van der Waals surface area contributed by atoms with Crippen molar-refractivity contribution in [2.24, 2.45) is 0 Å². The first-order valence-electron chi connectivity index (χ1n) is 6.08. The zero-order chi connectivity index (χ0) is 15.9. The molecule has 0 radical (unpaired) electrons. The maximum atomic E-state index is 12.5. The van der Waals surface area contributed by atoms with Crippen LogP contribution in [-0.2, 0) is 22.6 Å². The molecule has 0 aromatic carbocycles. The van der Waals surface area contributed by atoms with Crippen molar-refractivity contribution in [2.75, 3.05) is 6.61 Å². The summed E-state index contributed by atoms with van der Waals surface area (Å²) < 4.78 is 58.0. The van der Waals surface area contributed by atoms with Crippen molar-refractivity contribution in [1.82, 2.24) is 10.1 Å². The Morgan fingerprint density at radius 3 is 2.71 bits per heavy atom. The van der Waals surface area contributed by atoms with Crippen LogP contribution in [0, 0.1) is 0 Å². The van der Waals surface area contributed by atoms with Crippen molar-refractivity contribution < 1.29 is 36.7 Å². The van der Waals surface area contributed by atoms with E-state index in [-0.39, 0.29) is 18.1 Å². The van der Waals surface area contributed by atoms with Gasteiger partial charge in [-0.2, -0.15) is 13.8 Å². The molecule has 0 saturated carbocycles. The van der Waals surface area contributed by atoms with Crippen LogP contribution in [0.25, 0.3) is 0 Å². The fraction of sp³-hybridized carbons (Fsp3) is 0.727. The molecule has 0 unspecified atom stereocenters. The summed E-state index contributed by atoms with van der Waals surface area (Å²) in [6, 6.07) is 0. The van der Waals surface area contributed by atoms with Gasteiger partial charge in [-0.1, -0.05) is 5.16 Å². The lowest BCUT2D eigenvalue weighted by Crippen LogP contribution is -2.32. The number of ether oxygens (including phenoxy) is 1. The highest BCUT2D eigenvalue weighted by molar-refractivity contribution is 5.66. The van der Waals surface area contributed by atoms with Gasteiger partial charge in [0.05, 0.1) is 0 Å². The lowest BCUT2D eigenvalue weighted by molar-refractivity contribution is -0.168. The van der Waals surface area contributed by atoms with Gasteiger partial charge < -0.3 is 14.4 Å². The summed E-state index contributed by atoms with van der Waals surface area (Å²) in [4.78, 5) is 14.1. The summed E-state index contributed by atoms with van der Waals surface area (Å²) in [6.45, 7) is -1.91. The number of carboxylic acids is 1. The number of carbonyl (C=O) groups is 1. The minimum Gasteiger partial charge on any atom is -0.481 e. The maximum absolute atomic E-state index is 12.5. The molecule has 0 aliphatic rings. The molecule has 10 heteroatoms. The van der Waals surface area contributed by atoms with E-state index < -0.39 is 31.5 Å². The topological polar surface area (TPSA) is 85.5 Å². The summed E-state index contributed by atoms with van der Waals surface area (Å²) in [5.74, 6) is -4.95. The van der Waals surface area contributed by atoms with Crippen LogP contribution in [0.1, 0.15) is 31.0 Å². The van der Waals surface area contributed by atoms with Crippen LogP contribution < -0.4 is 0 Å². The zero-order valence-electron chi connectivity index (χ0n) is 10.9. The predicted octanol–water partition coefficient (Wildman–Crippen LogP) is 2.28. The molecule has 0 saturated heterocycles. The number of hydrogen-bond acceptors (Lipinski definition) is 5. The number of unbranched alkanes of at least 4 members (excludes halogenated alkanes) is 1. The predicted molar refractivity (Wildman–Crippen MR) is 60.1 cm³/mol. The molecule has 6 nitrogen and oxygen atoms in total. The normalized spacial score (nSPS) is 12.0. The Morgan fingerprint density at radius 2 is 2.10 bits per heavy atom. The molecule has 120 valence electrons. The van der Waals surface area contributed by atoms with E-state index in [1.54, 1.807) is 0 Å². The van der Waals surface area contributed by atoms with Gasteiger partial charge in [0.15, 0.2) is 5.82 Å². The highest BCUT2D eigenvalue weighted by Crippen LogP contribution is 2.23. The standard InChI is InChI=1S/C11H14F4N2O4/c12-10(13)11(14,15)6-20-5-7-16-8(21-17-7)3-1-2-4-9(18)19/h10H,1-6H2,(H,18,19). The summed E-state index contributed by atoms with van der Waals surface area (Å²) in [6.07, 6.45) is -2.49. The zero-order valence-corrected chi connectivity index (χ0v) is 10.9. The Morgan fingerprint density at radius 1 is 1.38 bits per heavy atom. The highest BCUT2D eigenvalue weighted by Gasteiger charge is 2.41. The molecule has 1 heterocycles. The van der Waals surface area contributed by atoms with E-state index in [9.17, 15) is 22.4 Å². The van der Waals surface area contributed by atoms with Crippen molar-refractivity contribution in [3.8, 4) is 0 Å². The van der Waals surface area contributed by atoms with E-state index in [1.165, 1.54) is 0 Å². The maximum Gasteiger partial charge on any atom is 0.330 e. The SMILES string of the molecule is O=C(O)CCCCc1nc(COCC(F)(F)C(F)F)no1. The Hall–Kier alpha value is -1.71. The third kappa shape index (κ3) is 6.52. The van der Waals surface area contributed by atoms with E-state index in [4.69, 9.17) is 9.63 Å². The molecule has 1 N–H and O–H groups in total. The molecular weight excluding hydrogens is 300 g/mol. The Labute approximate surface area is 117 Å². The van der Waals surface area contributed by atoms with Gasteiger partial charge in [-0.15, -0.1) is 0 Å². The van der Waals surface area contributed by atoms with Gasteiger partial charge in [0.25, 0.3) is 0 Å². The summed E-state index contributed by atoms with van der Waals surface area (Å²) in [7, 11) is 0. The van der Waals surface area contributed by atoms with Crippen molar-refractivity contribution in [3.05, 3.63) is 11.7 Å². The summed E-state index contributed by atoms with van der Waals surface area (Å²) in [5.41, 5.74) is 0. The smallest absolute Gasteiger partial charge is 0.330 e. The molecule has 21 heavy (non-hydrogen) atoms. The van der Waals surface area contributed by atoms with Crippen molar-refractivity contribution in [3.63, 3.8) is 0 Å². The molecule has 1 rings (SSSR count). The van der Waals surface area contributed by atoms with Crippen LogP contribution in [0.3, 0.4) is 0 Å². The molecule has 0 aliphatic carbocycles. The summed E-state index contributed by atoms with van der Waals surface area (Å²) in [5, 5.41) is 11.9. The fourth-order valence-electron chi connectivity index (χ4n) is 1.34. The monoisotopic (exact) mass is 314 g/mol. The second-order valence-corrected chi connectivity index (χ2v) is 4.26. The first kappa shape index (κ1) is 17.3. The molecule has 0 fully saturated rings. The van der Waals surface area contributed by atoms with E-state index in [2.05, 4.69) is 14.9 Å². The number of aliphatic carboxylic acids is 1. The van der Waals surface area contributed by atoms with Gasteiger partial charge >= 0.3 is 18.3 Å². The molecule has 0 bridgehead atoms. The van der Waals surface area contributed by atoms with E-state index in [0.717, 1.165) is 0 Å². The number of hydrogen-bond donors (Lipinski definition) is 1. The average molecular weight is 314 g/mol. The lowest BCUT2D eigenvalue weighted by Gasteiger charge is -2.14. The fourth-order valence-corrected chi connectivity index (χ4v) is 1.34. The van der Waals surface area contributed by atoms with Crippen LogP contribution >= 0.6 is 0 Å². The second kappa shape index (κ2) is 7.91. The minimum absolute atomic E-state index is 0.0207. The quantitative estimate of drug-likeness (QED) is 0.527. The molecule has 0 amide bonds. The Bertz CT molecular complexity index is 453. The molecule has 0 spiro atoms. The van der Waals surface area contributed by atoms with Crippen LogP contribution in [-0.4, -0.2) is 40.2 Å². The molecule has 0 aliphatic heterocycles. The highest BCUT2D eigenvalue weighted by atomic mass is 19.3. The van der Waals surface area contributed by atoms with Gasteiger partial charge in [-0.25, -0.2) is 8.78 Å². The number of aromatic nitrogens is 2. The first-order valence-corrected chi connectivity index (χ1v) is 6.08. The third-order valence-electron chi connectivity index (χ3n) is 2.39. The van der Waals surface area contributed by atoms with E-state index in [1.807, 2.05) is 0 Å². The number of aryl methyl sites for hydroxylation is 1. The molecule has 0 atom stereocenters. The first-order chi connectivity index (χ1) is 9.81. The molecular formula is C11H14F4N2O4. The number of carboxylic acid groups (broad SMARTS) is 1. The van der Waals surface area contributed by atoms with Crippen LogP contribution in [0.15, 0.2) is 4.52 Å². The number of halogens is 4. The molecule has 1 aromatic rings. The van der Waals surface area contributed by atoms with Gasteiger partial charge in [0.2, 0.25) is 5.89 Å². The van der Waals surface area contributed by atoms with Gasteiger partial charge in [0.1, 0.15) is 13.2 Å². The van der Waals surface area contributed by atoms with Crippen LogP contribution in [0.5, 0.6) is 0 Å². The van der Waals surface area contributed by atoms with Gasteiger partial charge in [-0.3, -0.25) is 4.79 Å². The summed E-state index contributed by atoms with van der Waals surface area (Å²) >= 11 is 0. The van der Waals surface area contributed by atoms with Crippen LogP contribution in [0.4, 0.5) is 17.6 Å². The van der Waals surface area contributed by atoms with Gasteiger partial charge in [-0.05, 0) is 12.8 Å². The van der Waals surface area contributed by atoms with Crippen LogP contribution in [0.2, 0.25) is 0 Å². The Balaban J connectivity index is 2.27. The van der Waals surface area contributed by atoms with Gasteiger partial charge in [0, 0.05) is 12.8 Å². The van der Waals surface area contributed by atoms with Crippen molar-refractivity contribution in [2.45, 2.75) is 44.6 Å². The number of alkyl halides is 4. The molecule has 1 aromatic heterocycles. The van der Waals surface area contributed by atoms with Crippen molar-refractivity contribution >= 4 is 5.97 Å². The largest absolute Gasteiger partial charge is 0.481 e. The van der Waals surface area contributed by atoms with E-state index in [0.29, 0.717) is 19.3 Å². The average Bonchev–Trinajstić information content (AvgIpc) is 2.82. The van der Waals surface area contributed by atoms with E-state index >= 15 is 0 Å². The second-order valence-electron chi connectivity index (χ2n) is 4.26. The minimum atomic E-state index is -4.22. The van der Waals surface area contributed by atoms with Crippen molar-refractivity contribution in [1.29, 1.82) is 0 Å². The number of rotatable bonds is 10. The number of nitrogens with zero attached hydrogens (tertiary/aromatic N) is 2. The lowest BCUT2D eigenvalue weighted by atomic mass is 10.2. The third-order valence-corrected chi connectivity index (χ3v) is 2.39.